The Bertz CT molecular complexity index is 425. The molecule has 0 saturated carbocycles. The number of halogens is 2. The van der Waals surface area contributed by atoms with Gasteiger partial charge in [-0.3, -0.25) is 4.79 Å². The van der Waals surface area contributed by atoms with Crippen LogP contribution in [0, 0.1) is 6.92 Å². The molecule has 0 unspecified atom stereocenters. The molecule has 0 aliphatic rings. The van der Waals surface area contributed by atoms with E-state index < -0.39 is 24.9 Å². The minimum absolute atomic E-state index is 0.0224. The molecule has 1 aromatic rings. The third-order valence-electron chi connectivity index (χ3n) is 2.43. The summed E-state index contributed by atoms with van der Waals surface area (Å²) in [5.74, 6) is -2.89. The molecule has 0 atom stereocenters. The highest BCUT2D eigenvalue weighted by Gasteiger charge is 2.26. The molecule has 0 aliphatic heterocycles. The van der Waals surface area contributed by atoms with Crippen molar-refractivity contribution in [2.24, 2.45) is 5.73 Å². The highest BCUT2D eigenvalue weighted by molar-refractivity contribution is 5.76. The van der Waals surface area contributed by atoms with Crippen LogP contribution >= 0.6 is 0 Å². The summed E-state index contributed by atoms with van der Waals surface area (Å²) in [6, 6.07) is 7.37. The SMILES string of the molecule is Cc1cccc(OCCC(=O)NCC(F)(F)CN)c1. The van der Waals surface area contributed by atoms with Gasteiger partial charge in [0.25, 0.3) is 5.92 Å². The van der Waals surface area contributed by atoms with E-state index in [1.54, 1.807) is 6.07 Å². The van der Waals surface area contributed by atoms with E-state index in [1.807, 2.05) is 25.1 Å². The molecule has 0 fully saturated rings. The highest BCUT2D eigenvalue weighted by Crippen LogP contribution is 2.12. The molecule has 3 N–H and O–H groups in total. The third kappa shape index (κ3) is 6.15. The maximum atomic E-state index is 12.8. The van der Waals surface area contributed by atoms with Gasteiger partial charge in [-0.15, -0.1) is 0 Å². The van der Waals surface area contributed by atoms with Crippen LogP contribution in [0.2, 0.25) is 0 Å². The summed E-state index contributed by atoms with van der Waals surface area (Å²) < 4.78 is 30.9. The minimum Gasteiger partial charge on any atom is -0.493 e. The van der Waals surface area contributed by atoms with Crippen molar-refractivity contribution in [3.05, 3.63) is 29.8 Å². The van der Waals surface area contributed by atoms with Gasteiger partial charge in [0.05, 0.1) is 26.1 Å². The van der Waals surface area contributed by atoms with Crippen molar-refractivity contribution in [3.8, 4) is 5.75 Å². The summed E-state index contributed by atoms with van der Waals surface area (Å²) in [5.41, 5.74) is 5.90. The quantitative estimate of drug-likeness (QED) is 0.790. The zero-order chi connectivity index (χ0) is 14.3. The van der Waals surface area contributed by atoms with E-state index >= 15 is 0 Å². The number of alkyl halides is 2. The summed E-state index contributed by atoms with van der Waals surface area (Å²) >= 11 is 0. The number of nitrogens with one attached hydrogen (secondary N) is 1. The molecule has 0 aliphatic carbocycles. The average molecular weight is 272 g/mol. The van der Waals surface area contributed by atoms with Gasteiger partial charge in [0.15, 0.2) is 0 Å². The molecule has 0 spiro atoms. The van der Waals surface area contributed by atoms with Gasteiger partial charge in [-0.1, -0.05) is 12.1 Å². The maximum Gasteiger partial charge on any atom is 0.277 e. The summed E-state index contributed by atoms with van der Waals surface area (Å²) in [6.45, 7) is 0.539. The third-order valence-corrected chi connectivity index (χ3v) is 2.43. The van der Waals surface area contributed by atoms with Crippen LogP contribution in [0.4, 0.5) is 8.78 Å². The molecule has 1 amide bonds. The monoisotopic (exact) mass is 272 g/mol. The van der Waals surface area contributed by atoms with Crippen molar-refractivity contribution in [2.75, 3.05) is 19.7 Å². The lowest BCUT2D eigenvalue weighted by atomic mass is 10.2. The molecule has 1 aromatic carbocycles. The fourth-order valence-electron chi connectivity index (χ4n) is 1.36. The predicted molar refractivity (Wildman–Crippen MR) is 68.3 cm³/mol. The Morgan fingerprint density at radius 2 is 2.21 bits per heavy atom. The molecule has 0 aromatic heterocycles. The maximum absolute atomic E-state index is 12.8. The van der Waals surface area contributed by atoms with Crippen molar-refractivity contribution < 1.29 is 18.3 Å². The molecule has 19 heavy (non-hydrogen) atoms. The fourth-order valence-corrected chi connectivity index (χ4v) is 1.36. The molecule has 1 rings (SSSR count). The predicted octanol–water partition coefficient (Wildman–Crippen LogP) is 1.47. The molecule has 0 heterocycles. The zero-order valence-electron chi connectivity index (χ0n) is 10.8. The summed E-state index contributed by atoms with van der Waals surface area (Å²) in [4.78, 5) is 11.3. The number of carbonyl (C=O) groups is 1. The molecule has 0 radical (unpaired) electrons. The van der Waals surface area contributed by atoms with E-state index in [0.717, 1.165) is 5.56 Å². The molecule has 4 nitrogen and oxygen atoms in total. The molecular weight excluding hydrogens is 254 g/mol. The average Bonchev–Trinajstić information content (AvgIpc) is 2.37. The van der Waals surface area contributed by atoms with Crippen molar-refractivity contribution in [1.29, 1.82) is 0 Å². The lowest BCUT2D eigenvalue weighted by molar-refractivity contribution is -0.123. The van der Waals surface area contributed by atoms with Crippen molar-refractivity contribution in [2.45, 2.75) is 19.3 Å². The van der Waals surface area contributed by atoms with E-state index in [9.17, 15) is 13.6 Å². The van der Waals surface area contributed by atoms with E-state index in [1.165, 1.54) is 0 Å². The first kappa shape index (κ1) is 15.4. The standard InChI is InChI=1S/C13H18F2N2O2/c1-10-3-2-4-11(7-10)19-6-5-12(18)17-9-13(14,15)8-16/h2-4,7H,5-6,8-9,16H2,1H3,(H,17,18). The topological polar surface area (TPSA) is 64.3 Å². The van der Waals surface area contributed by atoms with Gasteiger partial charge in [-0.05, 0) is 24.6 Å². The van der Waals surface area contributed by atoms with Crippen LogP contribution in [0.25, 0.3) is 0 Å². The van der Waals surface area contributed by atoms with Crippen molar-refractivity contribution in [1.82, 2.24) is 5.32 Å². The van der Waals surface area contributed by atoms with E-state index in [-0.39, 0.29) is 13.0 Å². The minimum atomic E-state index is -3.06. The lowest BCUT2D eigenvalue weighted by Gasteiger charge is -2.14. The lowest BCUT2D eigenvalue weighted by Crippen LogP contribution is -2.41. The van der Waals surface area contributed by atoms with Gasteiger partial charge in [0, 0.05) is 0 Å². The number of carbonyl (C=O) groups excluding carboxylic acids is 1. The van der Waals surface area contributed by atoms with Crippen LogP contribution in [0.1, 0.15) is 12.0 Å². The van der Waals surface area contributed by atoms with Crippen LogP contribution in [-0.2, 0) is 4.79 Å². The smallest absolute Gasteiger partial charge is 0.277 e. The fraction of sp³-hybridized carbons (Fsp3) is 0.462. The number of ether oxygens (including phenoxy) is 1. The van der Waals surface area contributed by atoms with Crippen LogP contribution in [0.3, 0.4) is 0 Å². The molecule has 106 valence electrons. The first-order chi connectivity index (χ1) is 8.93. The van der Waals surface area contributed by atoms with Gasteiger partial charge in [0.2, 0.25) is 5.91 Å². The van der Waals surface area contributed by atoms with Crippen LogP contribution in [0.5, 0.6) is 5.75 Å². The number of hydrogen-bond acceptors (Lipinski definition) is 3. The van der Waals surface area contributed by atoms with Crippen LogP contribution in [0.15, 0.2) is 24.3 Å². The Hall–Kier alpha value is -1.69. The Labute approximate surface area is 110 Å². The Kier molecular flexibility index (Phi) is 5.69. The van der Waals surface area contributed by atoms with Gasteiger partial charge in [-0.2, -0.15) is 0 Å². The normalized spacial score (nSPS) is 11.2. The first-order valence-electron chi connectivity index (χ1n) is 5.97. The second-order valence-corrected chi connectivity index (χ2v) is 4.25. The first-order valence-corrected chi connectivity index (χ1v) is 5.97. The van der Waals surface area contributed by atoms with Crippen molar-refractivity contribution in [3.63, 3.8) is 0 Å². The second kappa shape index (κ2) is 7.04. The van der Waals surface area contributed by atoms with Gasteiger partial charge in [0.1, 0.15) is 5.75 Å². The number of rotatable bonds is 7. The van der Waals surface area contributed by atoms with Gasteiger partial charge < -0.3 is 15.8 Å². The molecule has 6 heteroatoms. The number of hydrogen-bond donors (Lipinski definition) is 2. The Balaban J connectivity index is 2.24. The van der Waals surface area contributed by atoms with E-state index in [0.29, 0.717) is 5.75 Å². The Morgan fingerprint density at radius 3 is 2.84 bits per heavy atom. The summed E-state index contributed by atoms with van der Waals surface area (Å²) in [6.07, 6.45) is 0.0224. The number of nitrogens with two attached hydrogens (primary N) is 1. The summed E-state index contributed by atoms with van der Waals surface area (Å²) in [7, 11) is 0. The second-order valence-electron chi connectivity index (χ2n) is 4.25. The van der Waals surface area contributed by atoms with Gasteiger partial charge >= 0.3 is 0 Å². The highest BCUT2D eigenvalue weighted by atomic mass is 19.3. The number of amides is 1. The molecule has 0 saturated heterocycles. The van der Waals surface area contributed by atoms with E-state index in [2.05, 4.69) is 5.32 Å². The molecular formula is C13H18F2N2O2. The molecule has 0 bridgehead atoms. The Morgan fingerprint density at radius 1 is 1.47 bits per heavy atom. The zero-order valence-corrected chi connectivity index (χ0v) is 10.8. The number of benzene rings is 1. The van der Waals surface area contributed by atoms with E-state index in [4.69, 9.17) is 10.5 Å². The van der Waals surface area contributed by atoms with Crippen LogP contribution in [-0.4, -0.2) is 31.5 Å². The largest absolute Gasteiger partial charge is 0.493 e. The van der Waals surface area contributed by atoms with Gasteiger partial charge in [-0.25, -0.2) is 8.78 Å². The van der Waals surface area contributed by atoms with Crippen molar-refractivity contribution >= 4 is 5.91 Å². The van der Waals surface area contributed by atoms with Crippen LogP contribution < -0.4 is 15.8 Å². The summed E-state index contributed by atoms with van der Waals surface area (Å²) in [5, 5.41) is 2.12. The number of aryl methyl sites for hydroxylation is 1.